The van der Waals surface area contributed by atoms with E-state index in [1.165, 1.54) is 37.8 Å². The molecule has 0 aromatic heterocycles. The Balaban J connectivity index is 1.67. The third-order valence-corrected chi connectivity index (χ3v) is 5.38. The van der Waals surface area contributed by atoms with Crippen molar-refractivity contribution in [3.05, 3.63) is 24.3 Å². The molecule has 3 nitrogen and oxygen atoms in total. The summed E-state index contributed by atoms with van der Waals surface area (Å²) in [6.07, 6.45) is 6.61. The first-order valence-electron chi connectivity index (χ1n) is 7.44. The minimum atomic E-state index is 0.245. The lowest BCUT2D eigenvalue weighted by Crippen LogP contribution is -2.29. The highest BCUT2D eigenvalue weighted by molar-refractivity contribution is 8.14. The maximum Gasteiger partial charge on any atom is 0.161 e. The average Bonchev–Trinajstić information content (AvgIpc) is 2.83. The first kappa shape index (κ1) is 13.8. The lowest BCUT2D eigenvalue weighted by molar-refractivity contribution is 0.335. The van der Waals surface area contributed by atoms with Crippen molar-refractivity contribution in [1.82, 2.24) is 0 Å². The first-order chi connectivity index (χ1) is 9.67. The van der Waals surface area contributed by atoms with Crippen LogP contribution in [0.15, 0.2) is 29.3 Å². The van der Waals surface area contributed by atoms with Crippen LogP contribution < -0.4 is 10.2 Å². The average molecular weight is 289 g/mol. The van der Waals surface area contributed by atoms with E-state index in [1.807, 2.05) is 11.8 Å². The van der Waals surface area contributed by atoms with Crippen LogP contribution in [0.3, 0.4) is 0 Å². The number of anilines is 2. The molecule has 3 rings (SSSR count). The smallest absolute Gasteiger partial charge is 0.161 e. The quantitative estimate of drug-likeness (QED) is 0.892. The molecule has 1 spiro atoms. The fourth-order valence-electron chi connectivity index (χ4n) is 2.98. The number of benzene rings is 1. The number of hydrogen-bond acceptors (Lipinski definition) is 4. The van der Waals surface area contributed by atoms with Gasteiger partial charge in [-0.05, 0) is 37.1 Å². The van der Waals surface area contributed by atoms with Crippen LogP contribution in [-0.4, -0.2) is 30.6 Å². The van der Waals surface area contributed by atoms with Crippen LogP contribution in [0, 0.1) is 0 Å². The summed E-state index contributed by atoms with van der Waals surface area (Å²) in [6, 6.07) is 8.53. The summed E-state index contributed by atoms with van der Waals surface area (Å²) in [7, 11) is 4.12. The van der Waals surface area contributed by atoms with Crippen LogP contribution >= 0.6 is 11.8 Å². The molecule has 1 aromatic carbocycles. The van der Waals surface area contributed by atoms with Crippen LogP contribution in [0.2, 0.25) is 0 Å². The largest absolute Gasteiger partial charge is 0.378 e. The Kier molecular flexibility index (Phi) is 3.92. The molecule has 0 radical (unpaired) electrons. The molecule has 1 saturated carbocycles. The second kappa shape index (κ2) is 5.68. The Bertz CT molecular complexity index is 487. The molecule has 1 N–H and O–H groups in total. The summed E-state index contributed by atoms with van der Waals surface area (Å²) in [5, 5.41) is 4.57. The van der Waals surface area contributed by atoms with Crippen LogP contribution in [0.25, 0.3) is 0 Å². The summed E-state index contributed by atoms with van der Waals surface area (Å²) in [5.74, 6) is 1.16. The van der Waals surface area contributed by atoms with E-state index < -0.39 is 0 Å². The van der Waals surface area contributed by atoms with Gasteiger partial charge in [-0.3, -0.25) is 4.99 Å². The van der Waals surface area contributed by atoms with Crippen molar-refractivity contribution >= 4 is 28.3 Å². The van der Waals surface area contributed by atoms with Gasteiger partial charge in [0.25, 0.3) is 0 Å². The van der Waals surface area contributed by atoms with E-state index in [0.717, 1.165) is 16.6 Å². The zero-order valence-electron chi connectivity index (χ0n) is 12.4. The molecule has 108 valence electrons. The van der Waals surface area contributed by atoms with Gasteiger partial charge in [-0.25, -0.2) is 0 Å². The van der Waals surface area contributed by atoms with Gasteiger partial charge in [0.1, 0.15) is 0 Å². The molecule has 1 fully saturated rings. The van der Waals surface area contributed by atoms with E-state index >= 15 is 0 Å². The fourth-order valence-corrected chi connectivity index (χ4v) is 4.19. The number of amidine groups is 1. The zero-order chi connectivity index (χ0) is 14.0. The number of aliphatic imine (C=N–C) groups is 1. The van der Waals surface area contributed by atoms with Gasteiger partial charge in [0.2, 0.25) is 0 Å². The molecule has 1 heterocycles. The normalized spacial score (nSPS) is 20.8. The highest BCUT2D eigenvalue weighted by atomic mass is 32.2. The van der Waals surface area contributed by atoms with Crippen LogP contribution in [0.1, 0.15) is 32.1 Å². The molecule has 20 heavy (non-hydrogen) atoms. The molecule has 0 atom stereocenters. The van der Waals surface area contributed by atoms with Crippen molar-refractivity contribution < 1.29 is 0 Å². The Morgan fingerprint density at radius 2 is 1.80 bits per heavy atom. The zero-order valence-corrected chi connectivity index (χ0v) is 13.2. The molecular weight excluding hydrogens is 266 g/mol. The molecule has 0 saturated heterocycles. The van der Waals surface area contributed by atoms with Gasteiger partial charge in [-0.1, -0.05) is 31.0 Å². The summed E-state index contributed by atoms with van der Waals surface area (Å²) in [6.45, 7) is 0. The van der Waals surface area contributed by atoms with Crippen molar-refractivity contribution in [2.75, 3.05) is 30.1 Å². The van der Waals surface area contributed by atoms with Crippen LogP contribution in [0.4, 0.5) is 11.4 Å². The van der Waals surface area contributed by atoms with E-state index in [1.54, 1.807) is 0 Å². The molecule has 1 aromatic rings. The highest BCUT2D eigenvalue weighted by Crippen LogP contribution is 2.39. The summed E-state index contributed by atoms with van der Waals surface area (Å²) >= 11 is 1.88. The SMILES string of the molecule is CN(C)c1ccc(NC2=NC3(CCCCC3)CS2)cc1. The fraction of sp³-hybridized carbons (Fsp3) is 0.562. The summed E-state index contributed by atoms with van der Waals surface area (Å²) in [4.78, 5) is 7.10. The van der Waals surface area contributed by atoms with Gasteiger partial charge in [0.05, 0.1) is 5.54 Å². The number of thioether (sulfide) groups is 1. The Morgan fingerprint density at radius 3 is 2.45 bits per heavy atom. The van der Waals surface area contributed by atoms with Gasteiger partial charge < -0.3 is 10.2 Å². The molecule has 0 unspecified atom stereocenters. The van der Waals surface area contributed by atoms with E-state index in [-0.39, 0.29) is 5.54 Å². The second-order valence-electron chi connectivity index (χ2n) is 6.06. The summed E-state index contributed by atoms with van der Waals surface area (Å²) in [5.41, 5.74) is 2.60. The van der Waals surface area contributed by atoms with Crippen LogP contribution in [0.5, 0.6) is 0 Å². The molecule has 4 heteroatoms. The van der Waals surface area contributed by atoms with E-state index in [4.69, 9.17) is 4.99 Å². The third kappa shape index (κ3) is 2.95. The van der Waals surface area contributed by atoms with Gasteiger partial charge in [-0.15, -0.1) is 0 Å². The maximum atomic E-state index is 4.99. The van der Waals surface area contributed by atoms with Crippen LogP contribution in [-0.2, 0) is 0 Å². The molecule has 1 aliphatic carbocycles. The molecule has 0 bridgehead atoms. The lowest BCUT2D eigenvalue weighted by atomic mass is 9.84. The summed E-state index contributed by atoms with van der Waals surface area (Å²) < 4.78 is 0. The lowest BCUT2D eigenvalue weighted by Gasteiger charge is -2.29. The van der Waals surface area contributed by atoms with Crippen molar-refractivity contribution in [1.29, 1.82) is 0 Å². The minimum Gasteiger partial charge on any atom is -0.378 e. The molecule has 0 amide bonds. The maximum absolute atomic E-state index is 4.99. The molecule has 1 aliphatic heterocycles. The predicted octanol–water partition coefficient (Wildman–Crippen LogP) is 3.97. The second-order valence-corrected chi connectivity index (χ2v) is 7.02. The number of nitrogens with one attached hydrogen (secondary N) is 1. The van der Waals surface area contributed by atoms with Gasteiger partial charge in [-0.2, -0.15) is 0 Å². The van der Waals surface area contributed by atoms with Crippen molar-refractivity contribution in [2.24, 2.45) is 4.99 Å². The Morgan fingerprint density at radius 1 is 1.10 bits per heavy atom. The predicted molar refractivity (Wildman–Crippen MR) is 90.1 cm³/mol. The van der Waals surface area contributed by atoms with E-state index in [2.05, 4.69) is 48.6 Å². The highest BCUT2D eigenvalue weighted by Gasteiger charge is 2.36. The van der Waals surface area contributed by atoms with Crippen molar-refractivity contribution in [3.8, 4) is 0 Å². The number of hydrogen-bond donors (Lipinski definition) is 1. The number of rotatable bonds is 2. The standard InChI is InChI=1S/C16H23N3S/c1-19(2)14-8-6-13(7-9-14)17-15-18-16(12-20-15)10-4-3-5-11-16/h6-9H,3-5,10-12H2,1-2H3,(H,17,18). The molecule has 2 aliphatic rings. The minimum absolute atomic E-state index is 0.245. The Labute approximate surface area is 125 Å². The topological polar surface area (TPSA) is 27.6 Å². The van der Waals surface area contributed by atoms with E-state index in [0.29, 0.717) is 0 Å². The Hall–Kier alpha value is -1.16. The monoisotopic (exact) mass is 289 g/mol. The van der Waals surface area contributed by atoms with E-state index in [9.17, 15) is 0 Å². The van der Waals surface area contributed by atoms with Gasteiger partial charge >= 0.3 is 0 Å². The van der Waals surface area contributed by atoms with Gasteiger partial charge in [0, 0.05) is 31.2 Å². The third-order valence-electron chi connectivity index (χ3n) is 4.24. The van der Waals surface area contributed by atoms with Crippen molar-refractivity contribution in [3.63, 3.8) is 0 Å². The molecular formula is C16H23N3S. The first-order valence-corrected chi connectivity index (χ1v) is 8.43. The van der Waals surface area contributed by atoms with Gasteiger partial charge in [0.15, 0.2) is 5.17 Å². The van der Waals surface area contributed by atoms with Crippen molar-refractivity contribution in [2.45, 2.75) is 37.6 Å². The number of nitrogens with zero attached hydrogens (tertiary/aromatic N) is 2.